The molecule has 2 aromatic carbocycles. The van der Waals surface area contributed by atoms with Gasteiger partial charge in [0, 0.05) is 48.7 Å². The molecule has 2 aliphatic heterocycles. The molecule has 2 aromatic rings. The quantitative estimate of drug-likeness (QED) is 0.426. The standard InChI is InChI=1S/C28H32BrF2N3O3.CH2O2/c1-16-12-26(35)22(15-23(16)29)27(36)32-18-4-8-33(9-5-18)19-6-10-34(11-7-19)28(37)21-14-20(21)17-2-3-24(30)25(31)13-17;2-1-3/h2-3,12-13,15,18-21,35H,4-11,14H2,1H3,(H,32,36);1H,(H,2,3). The summed E-state index contributed by atoms with van der Waals surface area (Å²) in [6.45, 7) is 4.80. The maximum absolute atomic E-state index is 13.6. The van der Waals surface area contributed by atoms with Crippen LogP contribution in [0.4, 0.5) is 8.78 Å². The van der Waals surface area contributed by atoms with Crippen LogP contribution in [0.25, 0.3) is 0 Å². The lowest BCUT2D eigenvalue weighted by atomic mass is 9.97. The smallest absolute Gasteiger partial charge is 0.290 e. The molecular formula is C29H34BrF2N3O5. The Labute approximate surface area is 240 Å². The van der Waals surface area contributed by atoms with E-state index < -0.39 is 11.6 Å². The summed E-state index contributed by atoms with van der Waals surface area (Å²) in [6.07, 6.45) is 4.21. The molecule has 3 aliphatic rings. The summed E-state index contributed by atoms with van der Waals surface area (Å²) in [5.41, 5.74) is 1.85. The van der Waals surface area contributed by atoms with Crippen LogP contribution in [0.15, 0.2) is 34.8 Å². The van der Waals surface area contributed by atoms with Crippen LogP contribution in [0.5, 0.6) is 5.75 Å². The summed E-state index contributed by atoms with van der Waals surface area (Å²) in [5.74, 6) is -2.02. The van der Waals surface area contributed by atoms with Gasteiger partial charge in [-0.15, -0.1) is 0 Å². The SMILES string of the molecule is Cc1cc(O)c(C(=O)NC2CCN(C3CCN(C(=O)C4CC4c4ccc(F)c(F)c4)CC3)CC2)cc1Br.O=CO. The van der Waals surface area contributed by atoms with Crippen molar-refractivity contribution in [2.75, 3.05) is 26.2 Å². The molecule has 0 radical (unpaired) electrons. The summed E-state index contributed by atoms with van der Waals surface area (Å²) >= 11 is 3.42. The molecule has 2 atom stereocenters. The van der Waals surface area contributed by atoms with Crippen molar-refractivity contribution in [3.05, 3.63) is 63.1 Å². The highest BCUT2D eigenvalue weighted by atomic mass is 79.9. The summed E-state index contributed by atoms with van der Waals surface area (Å²) in [4.78, 5) is 38.5. The summed E-state index contributed by atoms with van der Waals surface area (Å²) in [7, 11) is 0. The number of halogens is 3. The second kappa shape index (κ2) is 13.1. The lowest BCUT2D eigenvalue weighted by Crippen LogP contribution is -2.52. The van der Waals surface area contributed by atoms with Crippen molar-refractivity contribution in [3.8, 4) is 5.75 Å². The average molecular weight is 623 g/mol. The van der Waals surface area contributed by atoms with E-state index in [1.165, 1.54) is 6.07 Å². The van der Waals surface area contributed by atoms with Crippen LogP contribution in [-0.2, 0) is 9.59 Å². The van der Waals surface area contributed by atoms with Crippen molar-refractivity contribution in [2.24, 2.45) is 5.92 Å². The second-order valence-corrected chi connectivity index (χ2v) is 11.5. The zero-order valence-electron chi connectivity index (χ0n) is 22.3. The number of hydrogen-bond acceptors (Lipinski definition) is 5. The first-order chi connectivity index (χ1) is 19.1. The number of hydrogen-bond donors (Lipinski definition) is 3. The van der Waals surface area contributed by atoms with Gasteiger partial charge in [0.25, 0.3) is 12.4 Å². The van der Waals surface area contributed by atoms with Crippen LogP contribution < -0.4 is 5.32 Å². The highest BCUT2D eigenvalue weighted by molar-refractivity contribution is 9.10. The fraction of sp³-hybridized carbons (Fsp3) is 0.483. The van der Waals surface area contributed by atoms with Gasteiger partial charge < -0.3 is 25.3 Å². The first-order valence-corrected chi connectivity index (χ1v) is 14.3. The summed E-state index contributed by atoms with van der Waals surface area (Å²) in [6, 6.07) is 7.66. The molecule has 2 amide bonds. The molecule has 40 heavy (non-hydrogen) atoms. The first kappa shape index (κ1) is 29.9. The molecule has 3 N–H and O–H groups in total. The van der Waals surface area contributed by atoms with E-state index in [2.05, 4.69) is 26.1 Å². The Morgan fingerprint density at radius 2 is 1.68 bits per heavy atom. The Balaban J connectivity index is 0.00000118. The predicted molar refractivity (Wildman–Crippen MR) is 148 cm³/mol. The Bertz CT molecular complexity index is 1250. The van der Waals surface area contributed by atoms with Gasteiger partial charge in [0.2, 0.25) is 5.91 Å². The Morgan fingerprint density at radius 1 is 1.02 bits per heavy atom. The maximum Gasteiger partial charge on any atom is 0.290 e. The highest BCUT2D eigenvalue weighted by Crippen LogP contribution is 2.49. The van der Waals surface area contributed by atoms with Crippen LogP contribution in [-0.4, -0.2) is 76.6 Å². The lowest BCUT2D eigenvalue weighted by Gasteiger charge is -2.42. The van der Waals surface area contributed by atoms with Gasteiger partial charge in [0.15, 0.2) is 11.6 Å². The third-order valence-electron chi connectivity index (χ3n) is 8.16. The first-order valence-electron chi connectivity index (χ1n) is 13.5. The molecular weight excluding hydrogens is 588 g/mol. The monoisotopic (exact) mass is 621 g/mol. The van der Waals surface area contributed by atoms with Crippen LogP contribution >= 0.6 is 15.9 Å². The number of benzene rings is 2. The van der Waals surface area contributed by atoms with Gasteiger partial charge in [0.05, 0.1) is 5.56 Å². The molecule has 2 unspecified atom stereocenters. The van der Waals surface area contributed by atoms with E-state index >= 15 is 0 Å². The Morgan fingerprint density at radius 3 is 2.30 bits per heavy atom. The zero-order valence-corrected chi connectivity index (χ0v) is 23.9. The van der Waals surface area contributed by atoms with Crippen LogP contribution in [0.3, 0.4) is 0 Å². The third kappa shape index (κ3) is 6.98. The summed E-state index contributed by atoms with van der Waals surface area (Å²) in [5, 5.41) is 20.1. The average Bonchev–Trinajstić information content (AvgIpc) is 3.74. The van der Waals surface area contributed by atoms with Crippen LogP contribution in [0, 0.1) is 24.5 Å². The van der Waals surface area contributed by atoms with Gasteiger partial charge in [-0.05, 0) is 80.3 Å². The minimum atomic E-state index is -0.862. The van der Waals surface area contributed by atoms with Crippen molar-refractivity contribution in [1.29, 1.82) is 0 Å². The normalized spacial score (nSPS) is 21.8. The number of nitrogens with zero attached hydrogens (tertiary/aromatic N) is 2. The molecule has 0 bridgehead atoms. The van der Waals surface area contributed by atoms with Gasteiger partial charge in [-0.2, -0.15) is 0 Å². The molecule has 2 saturated heterocycles. The number of carboxylic acid groups (broad SMARTS) is 1. The lowest BCUT2D eigenvalue weighted by molar-refractivity contribution is -0.134. The van der Waals surface area contributed by atoms with Crippen molar-refractivity contribution >= 4 is 34.2 Å². The topological polar surface area (TPSA) is 110 Å². The van der Waals surface area contributed by atoms with Crippen LogP contribution in [0.1, 0.15) is 59.5 Å². The fourth-order valence-electron chi connectivity index (χ4n) is 5.79. The fourth-order valence-corrected chi connectivity index (χ4v) is 6.13. The van der Waals surface area contributed by atoms with E-state index in [9.17, 15) is 23.5 Å². The van der Waals surface area contributed by atoms with E-state index in [1.807, 2.05) is 11.8 Å². The van der Waals surface area contributed by atoms with Crippen molar-refractivity contribution in [2.45, 2.75) is 57.0 Å². The number of carbonyl (C=O) groups excluding carboxylic acids is 2. The molecule has 3 fully saturated rings. The Kier molecular flexibility index (Phi) is 9.78. The number of aryl methyl sites for hydroxylation is 1. The van der Waals surface area contributed by atoms with E-state index in [0.717, 1.165) is 54.9 Å². The van der Waals surface area contributed by atoms with Crippen molar-refractivity contribution < 1.29 is 33.4 Å². The number of rotatable bonds is 5. The molecule has 11 heteroatoms. The molecule has 1 aliphatic carbocycles. The summed E-state index contributed by atoms with van der Waals surface area (Å²) < 4.78 is 27.6. The Hall–Kier alpha value is -3.05. The highest BCUT2D eigenvalue weighted by Gasteiger charge is 2.46. The molecule has 1 saturated carbocycles. The van der Waals surface area contributed by atoms with Gasteiger partial charge >= 0.3 is 0 Å². The van der Waals surface area contributed by atoms with E-state index in [4.69, 9.17) is 9.90 Å². The van der Waals surface area contributed by atoms with Gasteiger partial charge in [-0.1, -0.05) is 22.0 Å². The number of nitrogens with one attached hydrogen (secondary N) is 1. The largest absolute Gasteiger partial charge is 0.507 e. The van der Waals surface area contributed by atoms with Gasteiger partial charge in [-0.25, -0.2) is 8.78 Å². The number of carbonyl (C=O) groups is 3. The number of phenolic OH excluding ortho intramolecular Hbond substituents is 1. The number of phenols is 1. The second-order valence-electron chi connectivity index (χ2n) is 10.7. The predicted octanol–water partition coefficient (Wildman–Crippen LogP) is 4.43. The van der Waals surface area contributed by atoms with E-state index in [-0.39, 0.29) is 47.5 Å². The maximum atomic E-state index is 13.6. The van der Waals surface area contributed by atoms with Gasteiger partial charge in [-0.3, -0.25) is 14.4 Å². The number of likely N-dealkylation sites (tertiary alicyclic amines) is 2. The minimum absolute atomic E-state index is 0.0145. The number of amides is 2. The zero-order chi connectivity index (χ0) is 29.0. The third-order valence-corrected chi connectivity index (χ3v) is 9.01. The van der Waals surface area contributed by atoms with E-state index in [1.54, 1.807) is 18.2 Å². The van der Waals surface area contributed by atoms with Crippen molar-refractivity contribution in [3.63, 3.8) is 0 Å². The minimum Gasteiger partial charge on any atom is -0.507 e. The van der Waals surface area contributed by atoms with Crippen LogP contribution in [0.2, 0.25) is 0 Å². The number of piperidine rings is 2. The molecule has 0 spiro atoms. The molecule has 2 heterocycles. The van der Waals surface area contributed by atoms with Crippen molar-refractivity contribution in [1.82, 2.24) is 15.1 Å². The molecule has 8 nitrogen and oxygen atoms in total. The molecule has 216 valence electrons. The molecule has 0 aromatic heterocycles. The van der Waals surface area contributed by atoms with E-state index in [0.29, 0.717) is 31.1 Å². The number of aromatic hydroxyl groups is 1. The molecule has 5 rings (SSSR count). The van der Waals surface area contributed by atoms with Gasteiger partial charge in [0.1, 0.15) is 5.75 Å².